The summed E-state index contributed by atoms with van der Waals surface area (Å²) in [6.07, 6.45) is 1.99. The van der Waals surface area contributed by atoms with E-state index in [1.54, 1.807) is 0 Å². The van der Waals surface area contributed by atoms with Crippen molar-refractivity contribution >= 4 is 5.69 Å². The monoisotopic (exact) mass is 306 g/mol. The van der Waals surface area contributed by atoms with Crippen LogP contribution in [0.3, 0.4) is 0 Å². The van der Waals surface area contributed by atoms with Gasteiger partial charge in [-0.3, -0.25) is 0 Å². The third-order valence-electron chi connectivity index (χ3n) is 2.76. The van der Waals surface area contributed by atoms with Gasteiger partial charge in [0.05, 0.1) is 6.54 Å². The summed E-state index contributed by atoms with van der Waals surface area (Å²) in [5.74, 6) is -9.68. The molecule has 0 aliphatic carbocycles. The van der Waals surface area contributed by atoms with Crippen LogP contribution in [0, 0.1) is 29.1 Å². The minimum Gasteiger partial charge on any atom is -0.373 e. The van der Waals surface area contributed by atoms with Gasteiger partial charge in [-0.25, -0.2) is 31.6 Å². The molecule has 4 nitrogen and oxygen atoms in total. The lowest BCUT2D eigenvalue weighted by atomic mass is 10.2. The largest absolute Gasteiger partial charge is 0.373 e. The van der Waals surface area contributed by atoms with Crippen LogP contribution in [-0.2, 0) is 13.1 Å². The Labute approximate surface area is 116 Å². The van der Waals surface area contributed by atoms with E-state index in [4.69, 9.17) is 0 Å². The molecule has 0 atom stereocenters. The summed E-state index contributed by atoms with van der Waals surface area (Å²) in [6, 6.07) is 0. The van der Waals surface area contributed by atoms with Crippen molar-refractivity contribution in [3.63, 3.8) is 0 Å². The molecule has 0 unspecified atom stereocenters. The fraction of sp³-hybridized carbons (Fsp3) is 0.333. The Morgan fingerprint density at radius 3 is 2.14 bits per heavy atom. The van der Waals surface area contributed by atoms with Crippen molar-refractivity contribution in [2.45, 2.75) is 26.4 Å². The van der Waals surface area contributed by atoms with Gasteiger partial charge in [-0.15, -0.1) is 0 Å². The highest BCUT2D eigenvalue weighted by Gasteiger charge is 2.25. The zero-order chi connectivity index (χ0) is 15.6. The summed E-state index contributed by atoms with van der Waals surface area (Å²) < 4.78 is 67.3. The highest BCUT2D eigenvalue weighted by Crippen LogP contribution is 2.27. The lowest BCUT2D eigenvalue weighted by Crippen LogP contribution is -2.13. The Bertz CT molecular complexity index is 626. The average molecular weight is 306 g/mol. The Hall–Kier alpha value is -2.19. The van der Waals surface area contributed by atoms with Gasteiger partial charge in [0.25, 0.3) is 0 Å². The minimum atomic E-state index is -2.19. The van der Waals surface area contributed by atoms with E-state index >= 15 is 0 Å². The molecule has 2 aromatic rings. The molecule has 1 N–H and O–H groups in total. The van der Waals surface area contributed by atoms with Crippen LogP contribution in [0.5, 0.6) is 0 Å². The van der Waals surface area contributed by atoms with E-state index in [1.165, 1.54) is 11.0 Å². The number of aromatic nitrogens is 3. The topological polar surface area (TPSA) is 42.7 Å². The first-order chi connectivity index (χ1) is 9.97. The second kappa shape index (κ2) is 6.06. The van der Waals surface area contributed by atoms with Crippen molar-refractivity contribution in [3.05, 3.63) is 41.2 Å². The molecule has 114 valence electrons. The maximum absolute atomic E-state index is 13.5. The van der Waals surface area contributed by atoms with E-state index in [-0.39, 0.29) is 6.54 Å². The number of benzene rings is 1. The zero-order valence-corrected chi connectivity index (χ0v) is 10.9. The van der Waals surface area contributed by atoms with Crippen molar-refractivity contribution in [2.24, 2.45) is 0 Å². The summed E-state index contributed by atoms with van der Waals surface area (Å²) in [5, 5.41) is 6.05. The highest BCUT2D eigenvalue weighted by atomic mass is 19.2. The summed E-state index contributed by atoms with van der Waals surface area (Å²) in [6.45, 7) is 2.19. The molecular formula is C12H11F5N4. The molecule has 1 heterocycles. The van der Waals surface area contributed by atoms with Crippen LogP contribution < -0.4 is 5.32 Å². The summed E-state index contributed by atoms with van der Waals surface area (Å²) >= 11 is 0. The number of rotatable bonds is 5. The molecule has 0 amide bonds. The molecule has 2 rings (SSSR count). The molecule has 0 fully saturated rings. The van der Waals surface area contributed by atoms with Crippen LogP contribution in [0.1, 0.15) is 19.2 Å². The SMILES string of the molecule is CCCn1ncnc1CNc1c(F)c(F)c(F)c(F)c1F. The quantitative estimate of drug-likeness (QED) is 0.524. The molecule has 0 aliphatic heterocycles. The standard InChI is InChI=1S/C12H11F5N4/c1-2-3-21-6(19-5-20-21)4-18-12-10(16)8(14)7(13)9(15)11(12)17/h5,18H,2-4H2,1H3. The van der Waals surface area contributed by atoms with Crippen LogP contribution in [0.25, 0.3) is 0 Å². The molecule has 21 heavy (non-hydrogen) atoms. The second-order valence-electron chi connectivity index (χ2n) is 4.20. The Kier molecular flexibility index (Phi) is 4.39. The van der Waals surface area contributed by atoms with Gasteiger partial charge in [-0.1, -0.05) is 6.92 Å². The zero-order valence-electron chi connectivity index (χ0n) is 10.9. The predicted molar refractivity (Wildman–Crippen MR) is 63.9 cm³/mol. The molecule has 0 bridgehead atoms. The van der Waals surface area contributed by atoms with Gasteiger partial charge in [0.1, 0.15) is 17.8 Å². The fourth-order valence-electron chi connectivity index (χ4n) is 1.75. The van der Waals surface area contributed by atoms with Gasteiger partial charge in [0.15, 0.2) is 23.3 Å². The van der Waals surface area contributed by atoms with Gasteiger partial charge < -0.3 is 5.32 Å². The lowest BCUT2D eigenvalue weighted by molar-refractivity contribution is 0.381. The van der Waals surface area contributed by atoms with E-state index in [0.717, 1.165) is 6.42 Å². The van der Waals surface area contributed by atoms with Crippen molar-refractivity contribution in [1.29, 1.82) is 0 Å². The van der Waals surface area contributed by atoms with Crippen LogP contribution in [0.2, 0.25) is 0 Å². The van der Waals surface area contributed by atoms with Crippen LogP contribution in [-0.4, -0.2) is 14.8 Å². The van der Waals surface area contributed by atoms with Crippen molar-refractivity contribution < 1.29 is 22.0 Å². The van der Waals surface area contributed by atoms with Crippen molar-refractivity contribution in [2.75, 3.05) is 5.32 Å². The highest BCUT2D eigenvalue weighted by molar-refractivity contribution is 5.47. The van der Waals surface area contributed by atoms with Crippen molar-refractivity contribution in [1.82, 2.24) is 14.8 Å². The molecule has 1 aromatic heterocycles. The number of halogens is 5. The van der Waals surface area contributed by atoms with Crippen molar-refractivity contribution in [3.8, 4) is 0 Å². The summed E-state index contributed by atoms with van der Waals surface area (Å²) in [7, 11) is 0. The summed E-state index contributed by atoms with van der Waals surface area (Å²) in [4.78, 5) is 3.85. The van der Waals surface area contributed by atoms with Crippen LogP contribution in [0.4, 0.5) is 27.6 Å². The Morgan fingerprint density at radius 2 is 1.57 bits per heavy atom. The molecule has 0 saturated heterocycles. The average Bonchev–Trinajstić information content (AvgIpc) is 2.91. The first-order valence-electron chi connectivity index (χ1n) is 6.09. The third kappa shape index (κ3) is 2.81. The first kappa shape index (κ1) is 15.2. The number of hydrogen-bond donors (Lipinski definition) is 1. The maximum Gasteiger partial charge on any atom is 0.200 e. The normalized spacial score (nSPS) is 11.0. The van der Waals surface area contributed by atoms with E-state index in [2.05, 4.69) is 15.4 Å². The third-order valence-corrected chi connectivity index (χ3v) is 2.76. The number of anilines is 1. The summed E-state index contributed by atoms with van der Waals surface area (Å²) in [5.41, 5.74) is -1.09. The van der Waals surface area contributed by atoms with E-state index < -0.39 is 34.8 Å². The van der Waals surface area contributed by atoms with E-state index in [9.17, 15) is 22.0 Å². The number of nitrogens with one attached hydrogen (secondary N) is 1. The molecule has 0 aliphatic rings. The molecule has 1 aromatic carbocycles. The van der Waals surface area contributed by atoms with E-state index in [1.807, 2.05) is 6.92 Å². The number of aryl methyl sites for hydroxylation is 1. The first-order valence-corrected chi connectivity index (χ1v) is 6.09. The Balaban J connectivity index is 2.26. The van der Waals surface area contributed by atoms with Gasteiger partial charge in [0, 0.05) is 6.54 Å². The number of hydrogen-bond acceptors (Lipinski definition) is 3. The smallest absolute Gasteiger partial charge is 0.200 e. The van der Waals surface area contributed by atoms with Gasteiger partial charge in [0.2, 0.25) is 5.82 Å². The second-order valence-corrected chi connectivity index (χ2v) is 4.20. The van der Waals surface area contributed by atoms with Gasteiger partial charge in [-0.2, -0.15) is 5.10 Å². The lowest BCUT2D eigenvalue weighted by Gasteiger charge is -2.11. The molecule has 0 saturated carbocycles. The van der Waals surface area contributed by atoms with Crippen LogP contribution in [0.15, 0.2) is 6.33 Å². The van der Waals surface area contributed by atoms with E-state index in [0.29, 0.717) is 12.4 Å². The number of nitrogens with zero attached hydrogens (tertiary/aromatic N) is 3. The Morgan fingerprint density at radius 1 is 1.00 bits per heavy atom. The van der Waals surface area contributed by atoms with Crippen LogP contribution >= 0.6 is 0 Å². The maximum atomic E-state index is 13.5. The molecule has 0 radical (unpaired) electrons. The van der Waals surface area contributed by atoms with Gasteiger partial charge >= 0.3 is 0 Å². The predicted octanol–water partition coefficient (Wildman–Crippen LogP) is 3.00. The van der Waals surface area contributed by atoms with Gasteiger partial charge in [-0.05, 0) is 6.42 Å². The molecular weight excluding hydrogens is 295 g/mol. The molecule has 9 heteroatoms. The minimum absolute atomic E-state index is 0.224. The fourth-order valence-corrected chi connectivity index (χ4v) is 1.75. The molecule has 0 spiro atoms.